The third-order valence-electron chi connectivity index (χ3n) is 3.53. The van der Waals surface area contributed by atoms with Gasteiger partial charge in [-0.25, -0.2) is 9.18 Å². The Morgan fingerprint density at radius 1 is 0.917 bits per heavy atom. The van der Waals surface area contributed by atoms with Gasteiger partial charge in [0, 0.05) is 0 Å². The van der Waals surface area contributed by atoms with Gasteiger partial charge in [-0.15, -0.1) is 0 Å². The van der Waals surface area contributed by atoms with Crippen molar-refractivity contribution in [2.45, 2.75) is 0 Å². The van der Waals surface area contributed by atoms with E-state index in [1.165, 1.54) is 24.3 Å². The zero-order chi connectivity index (χ0) is 16.9. The number of carbonyl (C=O) groups is 1. The van der Waals surface area contributed by atoms with Gasteiger partial charge in [0.1, 0.15) is 36.1 Å². The third kappa shape index (κ3) is 3.46. The van der Waals surface area contributed by atoms with Crippen LogP contribution in [-0.2, 0) is 0 Å². The van der Waals surface area contributed by atoms with E-state index in [-0.39, 0.29) is 24.6 Å². The van der Waals surface area contributed by atoms with Gasteiger partial charge in [0.2, 0.25) is 0 Å². The van der Waals surface area contributed by atoms with E-state index in [2.05, 4.69) is 0 Å². The Labute approximate surface area is 138 Å². The predicted octanol–water partition coefficient (Wildman–Crippen LogP) is 4.13. The van der Waals surface area contributed by atoms with Gasteiger partial charge >= 0.3 is 5.97 Å². The van der Waals surface area contributed by atoms with Gasteiger partial charge in [0.05, 0.1) is 0 Å². The highest BCUT2D eigenvalue weighted by atomic mass is 19.1. The molecule has 0 aliphatic rings. The summed E-state index contributed by atoms with van der Waals surface area (Å²) in [4.78, 5) is 11.6. The van der Waals surface area contributed by atoms with E-state index in [4.69, 9.17) is 9.47 Å². The zero-order valence-electron chi connectivity index (χ0n) is 12.7. The van der Waals surface area contributed by atoms with Gasteiger partial charge in [0.15, 0.2) is 0 Å². The van der Waals surface area contributed by atoms with Crippen molar-refractivity contribution >= 4 is 16.7 Å². The molecule has 0 saturated heterocycles. The molecule has 4 nitrogen and oxygen atoms in total. The average molecular weight is 326 g/mol. The van der Waals surface area contributed by atoms with Crippen molar-refractivity contribution in [3.63, 3.8) is 0 Å². The van der Waals surface area contributed by atoms with E-state index in [0.29, 0.717) is 16.9 Å². The Kier molecular flexibility index (Phi) is 4.61. The fourth-order valence-corrected chi connectivity index (χ4v) is 2.43. The van der Waals surface area contributed by atoms with Crippen molar-refractivity contribution in [3.05, 3.63) is 72.0 Å². The van der Waals surface area contributed by atoms with Gasteiger partial charge in [-0.05, 0) is 41.1 Å². The summed E-state index contributed by atoms with van der Waals surface area (Å²) in [6.45, 7) is 0.396. The smallest absolute Gasteiger partial charge is 0.340 e. The first-order chi connectivity index (χ1) is 11.6. The molecule has 5 heteroatoms. The van der Waals surface area contributed by atoms with Crippen LogP contribution in [0.5, 0.6) is 11.5 Å². The second-order valence-electron chi connectivity index (χ2n) is 5.12. The second kappa shape index (κ2) is 7.00. The van der Waals surface area contributed by atoms with Crippen LogP contribution in [0.1, 0.15) is 10.4 Å². The monoisotopic (exact) mass is 326 g/mol. The maximum absolute atomic E-state index is 12.8. The molecule has 122 valence electrons. The first kappa shape index (κ1) is 15.8. The summed E-state index contributed by atoms with van der Waals surface area (Å²) in [5.41, 5.74) is 0.134. The standard InChI is InChI=1S/C19H15FO4/c20-14-6-8-15(9-7-14)23-11-12-24-17-10-5-13-3-1-2-4-16(13)18(17)19(21)22/h1-10H,11-12H2,(H,21,22). The fourth-order valence-electron chi connectivity index (χ4n) is 2.43. The van der Waals surface area contributed by atoms with Gasteiger partial charge in [-0.1, -0.05) is 30.3 Å². The molecule has 0 aliphatic heterocycles. The lowest BCUT2D eigenvalue weighted by atomic mass is 10.0. The lowest BCUT2D eigenvalue weighted by Crippen LogP contribution is -2.11. The van der Waals surface area contributed by atoms with Gasteiger partial charge in [-0.3, -0.25) is 0 Å². The van der Waals surface area contributed by atoms with E-state index in [9.17, 15) is 14.3 Å². The number of fused-ring (bicyclic) bond motifs is 1. The van der Waals surface area contributed by atoms with E-state index in [1.54, 1.807) is 18.2 Å². The van der Waals surface area contributed by atoms with Gasteiger partial charge in [-0.2, -0.15) is 0 Å². The van der Waals surface area contributed by atoms with Crippen molar-refractivity contribution in [2.75, 3.05) is 13.2 Å². The third-order valence-corrected chi connectivity index (χ3v) is 3.53. The molecule has 1 N–H and O–H groups in total. The van der Waals surface area contributed by atoms with Crippen molar-refractivity contribution in [2.24, 2.45) is 0 Å². The Morgan fingerprint density at radius 2 is 1.62 bits per heavy atom. The van der Waals surface area contributed by atoms with Crippen molar-refractivity contribution < 1.29 is 23.8 Å². The normalized spacial score (nSPS) is 10.5. The molecule has 0 fully saturated rings. The first-order valence-electron chi connectivity index (χ1n) is 7.41. The minimum Gasteiger partial charge on any atom is -0.490 e. The number of carboxylic acid groups (broad SMARTS) is 1. The van der Waals surface area contributed by atoms with E-state index < -0.39 is 5.97 Å². The van der Waals surface area contributed by atoms with E-state index in [1.807, 2.05) is 18.2 Å². The maximum atomic E-state index is 12.8. The summed E-state index contributed by atoms with van der Waals surface area (Å²) in [7, 11) is 0. The van der Waals surface area contributed by atoms with E-state index in [0.717, 1.165) is 5.39 Å². The number of hydrogen-bond donors (Lipinski definition) is 1. The molecular formula is C19H15FO4. The Hall–Kier alpha value is -3.08. The molecule has 0 amide bonds. The summed E-state index contributed by atoms with van der Waals surface area (Å²) < 4.78 is 23.8. The van der Waals surface area contributed by atoms with Crippen LogP contribution >= 0.6 is 0 Å². The number of halogens is 1. The number of aromatic carboxylic acids is 1. The lowest BCUT2D eigenvalue weighted by molar-refractivity contribution is 0.0693. The molecule has 3 aromatic carbocycles. The number of carboxylic acids is 1. The van der Waals surface area contributed by atoms with Crippen LogP contribution in [0.2, 0.25) is 0 Å². The Bertz CT molecular complexity index is 859. The van der Waals surface area contributed by atoms with Crippen molar-refractivity contribution in [1.82, 2.24) is 0 Å². The lowest BCUT2D eigenvalue weighted by Gasteiger charge is -2.12. The second-order valence-corrected chi connectivity index (χ2v) is 5.12. The molecule has 0 unspecified atom stereocenters. The van der Waals surface area contributed by atoms with Crippen LogP contribution in [-0.4, -0.2) is 24.3 Å². The molecule has 0 heterocycles. The van der Waals surface area contributed by atoms with E-state index >= 15 is 0 Å². The fraction of sp³-hybridized carbons (Fsp3) is 0.105. The molecule has 0 saturated carbocycles. The first-order valence-corrected chi connectivity index (χ1v) is 7.41. The molecule has 0 bridgehead atoms. The number of ether oxygens (including phenoxy) is 2. The maximum Gasteiger partial charge on any atom is 0.340 e. The highest BCUT2D eigenvalue weighted by Crippen LogP contribution is 2.28. The quantitative estimate of drug-likeness (QED) is 0.692. The number of rotatable bonds is 6. The molecule has 0 radical (unpaired) electrons. The molecular weight excluding hydrogens is 311 g/mol. The van der Waals surface area contributed by atoms with Crippen LogP contribution < -0.4 is 9.47 Å². The molecule has 3 rings (SSSR count). The van der Waals surface area contributed by atoms with Crippen LogP contribution in [0.3, 0.4) is 0 Å². The number of benzene rings is 3. The zero-order valence-corrected chi connectivity index (χ0v) is 12.7. The summed E-state index contributed by atoms with van der Waals surface area (Å²) in [5.74, 6) is -0.553. The molecule has 0 aromatic heterocycles. The number of hydrogen-bond acceptors (Lipinski definition) is 3. The van der Waals surface area contributed by atoms with Crippen molar-refractivity contribution in [1.29, 1.82) is 0 Å². The average Bonchev–Trinajstić information content (AvgIpc) is 2.59. The van der Waals surface area contributed by atoms with Crippen LogP contribution in [0.4, 0.5) is 4.39 Å². The van der Waals surface area contributed by atoms with Crippen LogP contribution in [0.15, 0.2) is 60.7 Å². The van der Waals surface area contributed by atoms with Crippen LogP contribution in [0.25, 0.3) is 10.8 Å². The summed E-state index contributed by atoms with van der Waals surface area (Å²) in [6.07, 6.45) is 0. The molecule has 0 atom stereocenters. The topological polar surface area (TPSA) is 55.8 Å². The summed E-state index contributed by atoms with van der Waals surface area (Å²) in [6, 6.07) is 16.4. The highest BCUT2D eigenvalue weighted by Gasteiger charge is 2.15. The highest BCUT2D eigenvalue weighted by molar-refractivity contribution is 6.06. The minimum atomic E-state index is -1.04. The van der Waals surface area contributed by atoms with Crippen molar-refractivity contribution in [3.8, 4) is 11.5 Å². The molecule has 3 aromatic rings. The molecule has 24 heavy (non-hydrogen) atoms. The predicted molar refractivity (Wildman–Crippen MR) is 88.3 cm³/mol. The Morgan fingerprint density at radius 3 is 2.38 bits per heavy atom. The summed E-state index contributed by atoms with van der Waals surface area (Å²) >= 11 is 0. The summed E-state index contributed by atoms with van der Waals surface area (Å²) in [5, 5.41) is 10.9. The SMILES string of the molecule is O=C(O)c1c(OCCOc2ccc(F)cc2)ccc2ccccc12. The minimum absolute atomic E-state index is 0.134. The van der Waals surface area contributed by atoms with Gasteiger partial charge in [0.25, 0.3) is 0 Å². The largest absolute Gasteiger partial charge is 0.490 e. The van der Waals surface area contributed by atoms with Gasteiger partial charge < -0.3 is 14.6 Å². The molecule has 0 spiro atoms. The Balaban J connectivity index is 1.69. The molecule has 0 aliphatic carbocycles. The van der Waals surface area contributed by atoms with Crippen LogP contribution in [0, 0.1) is 5.82 Å².